The Kier molecular flexibility index (Phi) is 4.49. The standard InChI is InChI=1S/C19H18N4O3S/c24-19(14-9-5-2-6-10-14)18-16(12-20-23-18)27(25,26)17-11-15(21-22-17)13-7-3-1-4-8-13/h1-10,16-17,20,22H,11-12H2/t16-,17-/m1/s1. The molecule has 0 radical (unpaired) electrons. The van der Waals surface area contributed by atoms with Gasteiger partial charge in [-0.15, -0.1) is 0 Å². The SMILES string of the molecule is O=C(C1=NNC[C@H]1S(=O)(=O)[C@@H]1CC(c2ccccc2)=NN1)c1ccccc1. The first-order valence-electron chi connectivity index (χ1n) is 8.58. The summed E-state index contributed by atoms with van der Waals surface area (Å²) in [5.41, 5.74) is 7.40. The van der Waals surface area contributed by atoms with Crippen molar-refractivity contribution in [1.82, 2.24) is 10.9 Å². The zero-order valence-corrected chi connectivity index (χ0v) is 15.2. The molecule has 2 aliphatic heterocycles. The second-order valence-electron chi connectivity index (χ2n) is 6.38. The number of carbonyl (C=O) groups excluding carboxylic acids is 1. The lowest BCUT2D eigenvalue weighted by Gasteiger charge is -2.17. The van der Waals surface area contributed by atoms with Crippen molar-refractivity contribution in [2.24, 2.45) is 10.2 Å². The fraction of sp³-hybridized carbons (Fsp3) is 0.211. The first-order chi connectivity index (χ1) is 13.1. The largest absolute Gasteiger partial charge is 0.308 e. The van der Waals surface area contributed by atoms with E-state index in [1.807, 2.05) is 30.3 Å². The molecule has 2 atom stereocenters. The molecule has 0 unspecified atom stereocenters. The number of nitrogens with zero attached hydrogens (tertiary/aromatic N) is 2. The number of nitrogens with one attached hydrogen (secondary N) is 2. The van der Waals surface area contributed by atoms with Gasteiger partial charge in [0.25, 0.3) is 0 Å². The summed E-state index contributed by atoms with van der Waals surface area (Å²) in [6, 6.07) is 18.0. The number of hydrazone groups is 2. The van der Waals surface area contributed by atoms with Gasteiger partial charge in [-0.25, -0.2) is 8.42 Å². The van der Waals surface area contributed by atoms with Crippen LogP contribution in [0.25, 0.3) is 0 Å². The molecule has 0 saturated carbocycles. The maximum Gasteiger partial charge on any atom is 0.210 e. The molecule has 0 bridgehead atoms. The van der Waals surface area contributed by atoms with Gasteiger partial charge in [-0.2, -0.15) is 10.2 Å². The summed E-state index contributed by atoms with van der Waals surface area (Å²) in [6.45, 7) is 0.0785. The van der Waals surface area contributed by atoms with Crippen LogP contribution in [-0.2, 0) is 9.84 Å². The normalized spacial score (nSPS) is 21.8. The number of ketones is 1. The van der Waals surface area contributed by atoms with Gasteiger partial charge in [0.1, 0.15) is 11.0 Å². The van der Waals surface area contributed by atoms with Crippen LogP contribution in [0.3, 0.4) is 0 Å². The van der Waals surface area contributed by atoms with E-state index < -0.39 is 20.5 Å². The van der Waals surface area contributed by atoms with Gasteiger partial charge in [0.2, 0.25) is 5.78 Å². The Hall–Kier alpha value is -3.00. The third-order valence-electron chi connectivity index (χ3n) is 4.67. The van der Waals surface area contributed by atoms with Gasteiger partial charge in [-0.3, -0.25) is 10.2 Å². The summed E-state index contributed by atoms with van der Waals surface area (Å²) in [4.78, 5) is 12.7. The van der Waals surface area contributed by atoms with E-state index in [0.717, 1.165) is 5.56 Å². The molecule has 7 nitrogen and oxygen atoms in total. The molecular weight excluding hydrogens is 364 g/mol. The topological polar surface area (TPSA) is 100.0 Å². The highest BCUT2D eigenvalue weighted by molar-refractivity contribution is 7.93. The number of benzene rings is 2. The highest BCUT2D eigenvalue weighted by Crippen LogP contribution is 2.22. The molecule has 8 heteroatoms. The molecule has 0 saturated heterocycles. The van der Waals surface area contributed by atoms with Gasteiger partial charge in [-0.1, -0.05) is 60.7 Å². The third-order valence-corrected chi connectivity index (χ3v) is 6.92. The number of hydrogen-bond donors (Lipinski definition) is 2. The molecule has 2 aromatic rings. The molecule has 138 valence electrons. The van der Waals surface area contributed by atoms with E-state index in [1.165, 1.54) is 0 Å². The summed E-state index contributed by atoms with van der Waals surface area (Å²) >= 11 is 0. The summed E-state index contributed by atoms with van der Waals surface area (Å²) < 4.78 is 26.3. The van der Waals surface area contributed by atoms with E-state index in [2.05, 4.69) is 21.1 Å². The van der Waals surface area contributed by atoms with Crippen molar-refractivity contribution in [3.63, 3.8) is 0 Å². The van der Waals surface area contributed by atoms with Crippen LogP contribution < -0.4 is 10.9 Å². The first kappa shape index (κ1) is 17.4. The molecule has 2 N–H and O–H groups in total. The summed E-state index contributed by atoms with van der Waals surface area (Å²) in [5, 5.41) is 6.29. The monoisotopic (exact) mass is 382 g/mol. The van der Waals surface area contributed by atoms with Crippen molar-refractivity contribution in [3.8, 4) is 0 Å². The molecule has 27 heavy (non-hydrogen) atoms. The molecule has 2 aliphatic rings. The number of sulfone groups is 1. The Morgan fingerprint density at radius 1 is 0.963 bits per heavy atom. The third kappa shape index (κ3) is 3.23. The van der Waals surface area contributed by atoms with Gasteiger partial charge in [0.05, 0.1) is 12.3 Å². The predicted molar refractivity (Wildman–Crippen MR) is 103 cm³/mol. The first-order valence-corrected chi connectivity index (χ1v) is 10.2. The van der Waals surface area contributed by atoms with E-state index in [0.29, 0.717) is 11.3 Å². The molecule has 2 heterocycles. The number of rotatable bonds is 5. The van der Waals surface area contributed by atoms with Crippen molar-refractivity contribution >= 4 is 27.0 Å². The predicted octanol–water partition coefficient (Wildman–Crippen LogP) is 1.34. The number of hydrogen-bond acceptors (Lipinski definition) is 7. The van der Waals surface area contributed by atoms with Crippen molar-refractivity contribution in [2.75, 3.05) is 6.54 Å². The van der Waals surface area contributed by atoms with Crippen LogP contribution in [0.1, 0.15) is 22.3 Å². The quantitative estimate of drug-likeness (QED) is 0.760. The Bertz CT molecular complexity index is 1020. The minimum atomic E-state index is -3.72. The molecule has 0 fully saturated rings. The Morgan fingerprint density at radius 2 is 1.63 bits per heavy atom. The molecule has 0 spiro atoms. The average Bonchev–Trinajstić information content (AvgIpc) is 3.39. The van der Waals surface area contributed by atoms with Gasteiger partial charge < -0.3 is 5.43 Å². The lowest BCUT2D eigenvalue weighted by molar-refractivity contribution is 0.106. The second-order valence-corrected chi connectivity index (χ2v) is 8.69. The van der Waals surface area contributed by atoms with E-state index in [-0.39, 0.29) is 24.5 Å². The number of carbonyl (C=O) groups is 1. The minimum absolute atomic E-state index is 0.0242. The highest BCUT2D eigenvalue weighted by Gasteiger charge is 2.44. The van der Waals surface area contributed by atoms with Crippen molar-refractivity contribution in [3.05, 3.63) is 71.8 Å². The van der Waals surface area contributed by atoms with E-state index >= 15 is 0 Å². The fourth-order valence-electron chi connectivity index (χ4n) is 3.21. The van der Waals surface area contributed by atoms with Crippen LogP contribution >= 0.6 is 0 Å². The lowest BCUT2D eigenvalue weighted by Crippen LogP contribution is -2.44. The Morgan fingerprint density at radius 3 is 2.33 bits per heavy atom. The van der Waals surface area contributed by atoms with Crippen LogP contribution in [0.4, 0.5) is 0 Å². The minimum Gasteiger partial charge on any atom is -0.308 e. The highest BCUT2D eigenvalue weighted by atomic mass is 32.2. The zero-order chi connectivity index (χ0) is 18.9. The van der Waals surface area contributed by atoms with E-state index in [9.17, 15) is 13.2 Å². The van der Waals surface area contributed by atoms with Crippen LogP contribution in [0.5, 0.6) is 0 Å². The smallest absolute Gasteiger partial charge is 0.210 e. The molecule has 2 aromatic carbocycles. The molecule has 0 amide bonds. The van der Waals surface area contributed by atoms with Crippen LogP contribution in [0.2, 0.25) is 0 Å². The van der Waals surface area contributed by atoms with Gasteiger partial charge >= 0.3 is 0 Å². The molecule has 0 aromatic heterocycles. The summed E-state index contributed by atoms with van der Waals surface area (Å²) in [6.07, 6.45) is 0.246. The maximum absolute atomic E-state index is 13.1. The van der Waals surface area contributed by atoms with Crippen LogP contribution in [-0.4, -0.2) is 42.8 Å². The van der Waals surface area contributed by atoms with Crippen LogP contribution in [0.15, 0.2) is 70.9 Å². The molecular formula is C19H18N4O3S. The Balaban J connectivity index is 1.54. The lowest BCUT2D eigenvalue weighted by atomic mass is 10.1. The molecule has 4 rings (SSSR count). The number of Topliss-reactive ketones (excluding diaryl/α,β-unsaturated/α-hetero) is 1. The van der Waals surface area contributed by atoms with Crippen molar-refractivity contribution in [2.45, 2.75) is 17.0 Å². The fourth-order valence-corrected chi connectivity index (χ4v) is 4.97. The van der Waals surface area contributed by atoms with Gasteiger partial charge in [0, 0.05) is 12.0 Å². The van der Waals surface area contributed by atoms with E-state index in [4.69, 9.17) is 0 Å². The average molecular weight is 382 g/mol. The van der Waals surface area contributed by atoms with Crippen molar-refractivity contribution in [1.29, 1.82) is 0 Å². The zero-order valence-electron chi connectivity index (χ0n) is 14.4. The van der Waals surface area contributed by atoms with E-state index in [1.54, 1.807) is 30.3 Å². The Labute approximate surface area is 157 Å². The molecule has 0 aliphatic carbocycles. The maximum atomic E-state index is 13.1. The van der Waals surface area contributed by atoms with Crippen molar-refractivity contribution < 1.29 is 13.2 Å². The van der Waals surface area contributed by atoms with Gasteiger partial charge in [0.15, 0.2) is 15.2 Å². The van der Waals surface area contributed by atoms with Gasteiger partial charge in [-0.05, 0) is 5.56 Å². The van der Waals surface area contributed by atoms with Crippen LogP contribution in [0, 0.1) is 0 Å². The summed E-state index contributed by atoms with van der Waals surface area (Å²) in [5.74, 6) is -0.378. The summed E-state index contributed by atoms with van der Waals surface area (Å²) in [7, 11) is -3.72. The second kappa shape index (κ2) is 6.96.